The molecule has 2 aromatic rings. The van der Waals surface area contributed by atoms with Gasteiger partial charge in [-0.15, -0.1) is 0 Å². The molecule has 0 bridgehead atoms. The lowest BCUT2D eigenvalue weighted by Gasteiger charge is -2.42. The van der Waals surface area contributed by atoms with Crippen LogP contribution in [0.3, 0.4) is 0 Å². The van der Waals surface area contributed by atoms with Gasteiger partial charge < -0.3 is 4.74 Å². The van der Waals surface area contributed by atoms with Crippen LogP contribution in [-0.4, -0.2) is 25.6 Å². The summed E-state index contributed by atoms with van der Waals surface area (Å²) in [6, 6.07) is 14.0. The molecule has 4 heteroatoms. The number of pyridine rings is 1. The van der Waals surface area contributed by atoms with Gasteiger partial charge in [-0.1, -0.05) is 181 Å². The van der Waals surface area contributed by atoms with Crippen LogP contribution in [0.5, 0.6) is 5.75 Å². The fourth-order valence-corrected chi connectivity index (χ4v) is 14.6. The molecule has 0 radical (unpaired) electrons. The number of rotatable bonds is 8. The highest BCUT2D eigenvalue weighted by atomic mass is 31.1. The molecule has 0 amide bonds. The zero-order valence-electron chi connectivity index (χ0n) is 32.2. The van der Waals surface area contributed by atoms with E-state index in [0.717, 1.165) is 18.1 Å². The van der Waals surface area contributed by atoms with Crippen LogP contribution in [0.25, 0.3) is 0 Å². The van der Waals surface area contributed by atoms with Gasteiger partial charge >= 0.3 is 0 Å². The second-order valence-electron chi connectivity index (χ2n) is 18.1. The lowest BCUT2D eigenvalue weighted by molar-refractivity contribution is 0.305. The van der Waals surface area contributed by atoms with Crippen molar-refractivity contribution in [1.82, 2.24) is 4.98 Å². The number of hydrogen-bond acceptors (Lipinski definition) is 2. The summed E-state index contributed by atoms with van der Waals surface area (Å²) >= 11 is 0. The molecular formula is C42H71NOP2. The van der Waals surface area contributed by atoms with Gasteiger partial charge in [0.05, 0.1) is 0 Å². The molecule has 1 heterocycles. The van der Waals surface area contributed by atoms with Gasteiger partial charge in [-0.25, -0.2) is 0 Å². The molecule has 0 N–H and O–H groups in total. The van der Waals surface area contributed by atoms with Crippen LogP contribution in [0.2, 0.25) is 0 Å². The quantitative estimate of drug-likeness (QED) is 0.261. The average molecular weight is 668 g/mol. The molecule has 1 fully saturated rings. The first-order valence-corrected chi connectivity index (χ1v) is 21.7. The first-order valence-electron chi connectivity index (χ1n) is 18.6. The van der Waals surface area contributed by atoms with E-state index in [4.69, 9.17) is 9.72 Å². The largest absolute Gasteiger partial charge is 0.489 e. The summed E-state index contributed by atoms with van der Waals surface area (Å²) in [6.45, 7) is 29.6. The van der Waals surface area contributed by atoms with E-state index < -0.39 is 0 Å². The van der Waals surface area contributed by atoms with E-state index >= 15 is 0 Å². The van der Waals surface area contributed by atoms with E-state index in [-0.39, 0.29) is 36.5 Å². The molecule has 1 aromatic heterocycles. The molecule has 1 aliphatic rings. The highest BCUT2D eigenvalue weighted by molar-refractivity contribution is 7.60. The van der Waals surface area contributed by atoms with Crippen LogP contribution in [0, 0.1) is 0 Å². The smallest absolute Gasteiger partial charge is 0.123 e. The molecule has 2 nitrogen and oxygen atoms in total. The first kappa shape index (κ1) is 39.5. The monoisotopic (exact) mass is 668 g/mol. The van der Waals surface area contributed by atoms with Crippen LogP contribution in [0.1, 0.15) is 182 Å². The van der Waals surface area contributed by atoms with Gasteiger partial charge in [-0.2, -0.15) is 0 Å². The third-order valence-corrected chi connectivity index (χ3v) is 17.5. The van der Waals surface area contributed by atoms with Crippen molar-refractivity contribution in [3.63, 3.8) is 0 Å². The van der Waals surface area contributed by atoms with E-state index in [1.165, 1.54) is 93.1 Å². The Bertz CT molecular complexity index is 1080. The first-order chi connectivity index (χ1) is 21.3. The second-order valence-corrected chi connectivity index (χ2v) is 25.8. The van der Waals surface area contributed by atoms with Crippen LogP contribution in [0.15, 0.2) is 36.4 Å². The summed E-state index contributed by atoms with van der Waals surface area (Å²) in [5, 5.41) is 1.02. The van der Waals surface area contributed by atoms with E-state index in [9.17, 15) is 0 Å². The van der Waals surface area contributed by atoms with Gasteiger partial charge in [0.1, 0.15) is 12.4 Å². The Morgan fingerprint density at radius 3 is 1.30 bits per heavy atom. The van der Waals surface area contributed by atoms with E-state index in [1.807, 2.05) is 0 Å². The lowest BCUT2D eigenvalue weighted by Crippen LogP contribution is -2.27. The minimum Gasteiger partial charge on any atom is -0.489 e. The van der Waals surface area contributed by atoms with Crippen molar-refractivity contribution in [2.24, 2.45) is 0 Å². The predicted molar refractivity (Wildman–Crippen MR) is 209 cm³/mol. The summed E-state index contributed by atoms with van der Waals surface area (Å²) in [7, 11) is -0.590. The van der Waals surface area contributed by atoms with Gasteiger partial charge in [-0.3, -0.25) is 4.98 Å². The molecule has 1 saturated carbocycles. The van der Waals surface area contributed by atoms with Crippen LogP contribution >= 0.6 is 15.8 Å². The maximum absolute atomic E-state index is 6.63. The molecule has 0 saturated heterocycles. The summed E-state index contributed by atoms with van der Waals surface area (Å²) in [5.74, 6) is 1.69. The van der Waals surface area contributed by atoms with Crippen molar-refractivity contribution >= 4 is 15.8 Å². The predicted octanol–water partition coefficient (Wildman–Crippen LogP) is 14.2. The Balaban J connectivity index is 1.82. The Hall–Kier alpha value is -0.970. The number of benzene rings is 1. The molecule has 46 heavy (non-hydrogen) atoms. The highest BCUT2D eigenvalue weighted by Gasteiger charge is 2.36. The van der Waals surface area contributed by atoms with Crippen molar-refractivity contribution in [3.8, 4) is 5.75 Å². The molecule has 0 aliphatic heterocycles. The van der Waals surface area contributed by atoms with E-state index in [1.54, 1.807) is 0 Å². The van der Waals surface area contributed by atoms with Gasteiger partial charge in [0.25, 0.3) is 0 Å². The molecule has 260 valence electrons. The minimum atomic E-state index is -0.295. The third kappa shape index (κ3) is 13.1. The molecular weight excluding hydrogens is 596 g/mol. The zero-order chi connectivity index (χ0) is 34.2. The third-order valence-electron chi connectivity index (χ3n) is 9.75. The molecule has 0 unspecified atom stereocenters. The Kier molecular flexibility index (Phi) is 14.7. The van der Waals surface area contributed by atoms with Crippen molar-refractivity contribution in [3.05, 3.63) is 58.9 Å². The summed E-state index contributed by atoms with van der Waals surface area (Å²) < 4.78 is 6.63. The number of aromatic nitrogens is 1. The molecule has 3 rings (SSSR count). The van der Waals surface area contributed by atoms with Crippen LogP contribution in [-0.2, 0) is 18.9 Å². The molecule has 0 spiro atoms. The maximum atomic E-state index is 6.63. The standard InChI is InChI=1S/C42H71NOP2/c1-39(2,3)45(40(4,5)6)31-36-28-38(29-37(43-36)32-46(41(7,8)9)42(10,11)12)44-30-33-24-26-35(27-25-33)34-22-20-18-16-14-13-15-17-19-21-23-34/h24-29,34H,13-23,30-32H2,1-12H3. The Morgan fingerprint density at radius 1 is 0.565 bits per heavy atom. The van der Waals surface area contributed by atoms with Crippen molar-refractivity contribution < 1.29 is 4.74 Å². The van der Waals surface area contributed by atoms with E-state index in [2.05, 4.69) is 119 Å². The van der Waals surface area contributed by atoms with Crippen molar-refractivity contribution in [2.45, 2.75) is 199 Å². The van der Waals surface area contributed by atoms with Crippen molar-refractivity contribution in [1.29, 1.82) is 0 Å². The normalized spacial score (nSPS) is 17.2. The summed E-state index contributed by atoms with van der Waals surface area (Å²) in [5.41, 5.74) is 5.21. The number of ether oxygens (including phenoxy) is 1. The average Bonchev–Trinajstić information content (AvgIpc) is 2.92. The van der Waals surface area contributed by atoms with Gasteiger partial charge in [0.2, 0.25) is 0 Å². The lowest BCUT2D eigenvalue weighted by atomic mass is 9.87. The Morgan fingerprint density at radius 2 is 0.935 bits per heavy atom. The van der Waals surface area contributed by atoms with Crippen LogP contribution < -0.4 is 4.74 Å². The van der Waals surface area contributed by atoms with Crippen LogP contribution in [0.4, 0.5) is 0 Å². The van der Waals surface area contributed by atoms with Gasteiger partial charge in [-0.05, 0) is 50.5 Å². The maximum Gasteiger partial charge on any atom is 0.123 e. The SMILES string of the molecule is CC(C)(C)P(Cc1cc(OCc2ccc(C3CCCCCCCCCCC3)cc2)cc(CP(C(C)(C)C)C(C)(C)C)n1)C(C)(C)C. The molecule has 1 aliphatic carbocycles. The minimum absolute atomic E-state index is 0.255. The van der Waals surface area contributed by atoms with Crippen molar-refractivity contribution in [2.75, 3.05) is 0 Å². The molecule has 0 atom stereocenters. The topological polar surface area (TPSA) is 22.1 Å². The van der Waals surface area contributed by atoms with Gasteiger partial charge in [0.15, 0.2) is 0 Å². The number of nitrogens with zero attached hydrogens (tertiary/aromatic N) is 1. The fourth-order valence-electron chi connectivity index (χ4n) is 7.70. The summed E-state index contributed by atoms with van der Waals surface area (Å²) in [4.78, 5) is 5.38. The number of hydrogen-bond donors (Lipinski definition) is 0. The van der Waals surface area contributed by atoms with Gasteiger partial charge in [0, 0.05) is 35.8 Å². The fraction of sp³-hybridized carbons (Fsp3) is 0.738. The zero-order valence-corrected chi connectivity index (χ0v) is 34.0. The summed E-state index contributed by atoms with van der Waals surface area (Å²) in [6.07, 6.45) is 17.5. The molecule has 1 aromatic carbocycles. The second kappa shape index (κ2) is 17.1. The highest BCUT2D eigenvalue weighted by Crippen LogP contribution is 2.62. The van der Waals surface area contributed by atoms with E-state index in [0.29, 0.717) is 12.5 Å². The Labute approximate surface area is 288 Å².